The van der Waals surface area contributed by atoms with Gasteiger partial charge in [-0.25, -0.2) is 4.79 Å². The monoisotopic (exact) mass is 681 g/mol. The maximum Gasteiger partial charge on any atom is 0.411 e. The van der Waals surface area contributed by atoms with E-state index >= 15 is 0 Å². The Bertz CT molecular complexity index is 1180. The number of hydrogen-bond acceptors (Lipinski definition) is 5. The van der Waals surface area contributed by atoms with Crippen LogP contribution in [0.2, 0.25) is 23.2 Å². The van der Waals surface area contributed by atoms with Crippen molar-refractivity contribution < 1.29 is 23.2 Å². The Balaban J connectivity index is 2.03. The Morgan fingerprint density at radius 1 is 0.766 bits per heavy atom. The number of ether oxygens (including phenoxy) is 1. The van der Waals surface area contributed by atoms with Crippen LogP contribution >= 0.6 is 0 Å². The van der Waals surface area contributed by atoms with Crippen LogP contribution in [0.5, 0.6) is 0 Å². The van der Waals surface area contributed by atoms with Crippen LogP contribution in [0.25, 0.3) is 0 Å². The molecule has 0 aromatic heterocycles. The highest BCUT2D eigenvalue weighted by Gasteiger charge is 2.57. The average molecular weight is 682 g/mol. The van der Waals surface area contributed by atoms with Crippen LogP contribution in [0, 0.1) is 0 Å². The Hall–Kier alpha value is -2.27. The molecule has 262 valence electrons. The van der Waals surface area contributed by atoms with Gasteiger partial charge in [-0.15, -0.1) is 0 Å². The van der Waals surface area contributed by atoms with Gasteiger partial charge in [0.2, 0.25) is 0 Å². The van der Waals surface area contributed by atoms with Gasteiger partial charge < -0.3 is 18.4 Å². The first kappa shape index (κ1) is 39.2. The van der Waals surface area contributed by atoms with Crippen molar-refractivity contribution in [3.63, 3.8) is 0 Å². The van der Waals surface area contributed by atoms with Crippen LogP contribution in [0.15, 0.2) is 60.7 Å². The second-order valence-electron chi connectivity index (χ2n) is 15.3. The molecule has 3 rings (SSSR count). The minimum absolute atomic E-state index is 0.0518. The third-order valence-electron chi connectivity index (χ3n) is 10.1. The van der Waals surface area contributed by atoms with Crippen molar-refractivity contribution in [2.45, 2.75) is 154 Å². The summed E-state index contributed by atoms with van der Waals surface area (Å²) in [5.74, 6) is 0. The first-order valence-electron chi connectivity index (χ1n) is 18.2. The summed E-state index contributed by atoms with van der Waals surface area (Å²) < 4.78 is 20.8. The number of amides is 1. The molecule has 0 radical (unpaired) electrons. The first-order valence-corrected chi connectivity index (χ1v) is 22.6. The zero-order valence-corrected chi connectivity index (χ0v) is 32.8. The van der Waals surface area contributed by atoms with Gasteiger partial charge in [0.25, 0.3) is 8.32 Å². The number of unbranched alkanes of at least 4 members (excludes halogenated alkanes) is 5. The molecule has 0 bridgehead atoms. The molecular formula is C39H63NO5Si2. The fraction of sp³-hybridized carbons (Fsp3) is 0.641. The molecule has 0 unspecified atom stereocenters. The fourth-order valence-corrected chi connectivity index (χ4v) is 14.8. The Morgan fingerprint density at radius 2 is 1.28 bits per heavy atom. The van der Waals surface area contributed by atoms with E-state index < -0.39 is 22.2 Å². The van der Waals surface area contributed by atoms with E-state index in [2.05, 4.69) is 102 Å². The molecule has 8 heteroatoms. The zero-order valence-electron chi connectivity index (χ0n) is 30.8. The Labute approximate surface area is 288 Å². The molecule has 1 aliphatic heterocycles. The normalized spacial score (nSPS) is 18.9. The number of carbonyl (C=O) groups is 2. The highest BCUT2D eigenvalue weighted by Crippen LogP contribution is 2.41. The summed E-state index contributed by atoms with van der Waals surface area (Å²) in [5.41, 5.74) is -0.607. The lowest BCUT2D eigenvalue weighted by Crippen LogP contribution is -2.75. The molecule has 0 saturated carbocycles. The van der Waals surface area contributed by atoms with E-state index in [1.54, 1.807) is 0 Å². The van der Waals surface area contributed by atoms with Crippen LogP contribution in [-0.4, -0.2) is 64.3 Å². The molecule has 1 aliphatic rings. The number of likely N-dealkylation sites (tertiary alicyclic amines) is 1. The van der Waals surface area contributed by atoms with Crippen molar-refractivity contribution >= 4 is 39.4 Å². The van der Waals surface area contributed by atoms with E-state index in [0.717, 1.165) is 62.9 Å². The van der Waals surface area contributed by atoms with Gasteiger partial charge in [-0.3, -0.25) is 4.90 Å². The van der Waals surface area contributed by atoms with Crippen LogP contribution < -0.4 is 10.4 Å². The van der Waals surface area contributed by atoms with E-state index in [0.29, 0.717) is 13.0 Å². The zero-order chi connectivity index (χ0) is 34.7. The summed E-state index contributed by atoms with van der Waals surface area (Å²) in [6.07, 6.45) is 7.32. The van der Waals surface area contributed by atoms with Crippen LogP contribution in [0.1, 0.15) is 107 Å². The minimum atomic E-state index is -2.84. The van der Waals surface area contributed by atoms with Gasteiger partial charge in [-0.1, -0.05) is 128 Å². The summed E-state index contributed by atoms with van der Waals surface area (Å²) in [5, 5.41) is 2.28. The second kappa shape index (κ2) is 17.4. The second-order valence-corrected chi connectivity index (χ2v) is 24.4. The first-order chi connectivity index (χ1) is 22.3. The van der Waals surface area contributed by atoms with Gasteiger partial charge in [0.05, 0.1) is 24.8 Å². The SMILES string of the molecule is CC[Si](CC)(CC)O[C@@H]1[C@H](CCCCCCCC=O)N(C(=O)OC(C)(C)C)[C@H]1CO[Si](c1ccccc1)(c1ccccc1)C(C)(C)C. The molecule has 1 saturated heterocycles. The van der Waals surface area contributed by atoms with Crippen LogP contribution in [0.3, 0.4) is 0 Å². The molecule has 0 N–H and O–H groups in total. The molecule has 0 aliphatic carbocycles. The Kier molecular flexibility index (Phi) is 14.5. The number of aldehydes is 1. The van der Waals surface area contributed by atoms with E-state index in [9.17, 15) is 9.59 Å². The van der Waals surface area contributed by atoms with Crippen molar-refractivity contribution in [3.8, 4) is 0 Å². The molecule has 1 heterocycles. The number of carbonyl (C=O) groups excluding carboxylic acids is 2. The lowest BCUT2D eigenvalue weighted by atomic mass is 9.86. The van der Waals surface area contributed by atoms with E-state index in [4.69, 9.17) is 13.6 Å². The van der Waals surface area contributed by atoms with E-state index in [-0.39, 0.29) is 29.3 Å². The molecule has 1 amide bonds. The minimum Gasteiger partial charge on any atom is -0.444 e. The summed E-state index contributed by atoms with van der Waals surface area (Å²) in [6, 6.07) is 24.3. The van der Waals surface area contributed by atoms with Gasteiger partial charge in [0.1, 0.15) is 11.9 Å². The molecule has 3 atom stereocenters. The van der Waals surface area contributed by atoms with Crippen molar-refractivity contribution in [1.29, 1.82) is 0 Å². The molecular weight excluding hydrogens is 619 g/mol. The smallest absolute Gasteiger partial charge is 0.411 e. The van der Waals surface area contributed by atoms with Crippen LogP contribution in [-0.2, 0) is 18.4 Å². The van der Waals surface area contributed by atoms with Crippen molar-refractivity contribution in [3.05, 3.63) is 60.7 Å². The molecule has 0 spiro atoms. The maximum absolute atomic E-state index is 14.0. The van der Waals surface area contributed by atoms with Gasteiger partial charge in [0, 0.05) is 6.42 Å². The van der Waals surface area contributed by atoms with Gasteiger partial charge >= 0.3 is 6.09 Å². The summed E-state index contributed by atoms with van der Waals surface area (Å²) in [6.45, 7) is 19.9. The molecule has 2 aromatic rings. The standard InChI is InChI=1S/C39H63NO5Si2/c1-10-46(11-2,12-3)45-36-34(29-23-15-13-14-16-24-30-41)40(37(42)44-38(4,5)6)35(36)31-43-47(39(7,8)9,32-25-19-17-20-26-32)33-27-21-18-22-28-33/h17-22,25-28,30,34-36H,10-16,23-24,29,31H2,1-9H3/t34-,35-,36+/m0/s1. The predicted octanol–water partition coefficient (Wildman–Crippen LogP) is 8.87. The highest BCUT2D eigenvalue weighted by molar-refractivity contribution is 6.99. The lowest BCUT2D eigenvalue weighted by molar-refractivity contribution is -0.122. The average Bonchev–Trinajstić information content (AvgIpc) is 3.03. The molecule has 1 fully saturated rings. The summed E-state index contributed by atoms with van der Waals surface area (Å²) >= 11 is 0. The highest BCUT2D eigenvalue weighted by atomic mass is 28.4. The van der Waals surface area contributed by atoms with E-state index in [1.165, 1.54) is 10.4 Å². The largest absolute Gasteiger partial charge is 0.444 e. The molecule has 47 heavy (non-hydrogen) atoms. The summed E-state index contributed by atoms with van der Waals surface area (Å²) in [7, 11) is -4.85. The quantitative estimate of drug-likeness (QED) is 0.0894. The number of rotatable bonds is 18. The van der Waals surface area contributed by atoms with Crippen molar-refractivity contribution in [2.75, 3.05) is 6.61 Å². The van der Waals surface area contributed by atoms with Crippen molar-refractivity contribution in [2.24, 2.45) is 0 Å². The third-order valence-corrected chi connectivity index (χ3v) is 19.7. The molecule has 6 nitrogen and oxygen atoms in total. The van der Waals surface area contributed by atoms with Gasteiger partial charge in [-0.05, 0) is 67.2 Å². The predicted molar refractivity (Wildman–Crippen MR) is 200 cm³/mol. The Morgan fingerprint density at radius 3 is 1.74 bits per heavy atom. The topological polar surface area (TPSA) is 65.1 Å². The fourth-order valence-electron chi connectivity index (χ4n) is 7.31. The summed E-state index contributed by atoms with van der Waals surface area (Å²) in [4.78, 5) is 26.8. The maximum atomic E-state index is 14.0. The number of nitrogens with zero attached hydrogens (tertiary/aromatic N) is 1. The van der Waals surface area contributed by atoms with Gasteiger partial charge in [0.15, 0.2) is 8.32 Å². The number of hydrogen-bond donors (Lipinski definition) is 0. The van der Waals surface area contributed by atoms with E-state index in [1.807, 2.05) is 25.7 Å². The van der Waals surface area contributed by atoms with Crippen LogP contribution in [0.4, 0.5) is 4.79 Å². The lowest BCUT2D eigenvalue weighted by Gasteiger charge is -2.57. The van der Waals surface area contributed by atoms with Gasteiger partial charge in [-0.2, -0.15) is 0 Å². The van der Waals surface area contributed by atoms with Crippen molar-refractivity contribution in [1.82, 2.24) is 4.90 Å². The molecule has 2 aromatic carbocycles. The number of benzene rings is 2. The third kappa shape index (κ3) is 9.67.